The summed E-state index contributed by atoms with van der Waals surface area (Å²) in [4.78, 5) is 0.709. The SMILES string of the molecule is CC1CCC(C)C(C(C)Br)C1. The topological polar surface area (TPSA) is 0 Å². The molecule has 11 heavy (non-hydrogen) atoms. The molecule has 1 saturated carbocycles. The molecule has 1 aliphatic carbocycles. The summed E-state index contributed by atoms with van der Waals surface area (Å²) in [6.45, 7) is 7.07. The molecule has 4 atom stereocenters. The van der Waals surface area contributed by atoms with Crippen LogP contribution in [-0.2, 0) is 0 Å². The van der Waals surface area contributed by atoms with Gasteiger partial charge in [0.15, 0.2) is 0 Å². The van der Waals surface area contributed by atoms with E-state index in [9.17, 15) is 0 Å². The average Bonchev–Trinajstić information content (AvgIpc) is 1.94. The van der Waals surface area contributed by atoms with E-state index in [0.717, 1.165) is 17.8 Å². The summed E-state index contributed by atoms with van der Waals surface area (Å²) in [5.74, 6) is 2.80. The molecule has 0 bridgehead atoms. The van der Waals surface area contributed by atoms with Gasteiger partial charge in [0.1, 0.15) is 0 Å². The normalized spacial score (nSPS) is 42.0. The lowest BCUT2D eigenvalue weighted by atomic mass is 9.74. The van der Waals surface area contributed by atoms with Crippen molar-refractivity contribution in [2.24, 2.45) is 17.8 Å². The summed E-state index contributed by atoms with van der Waals surface area (Å²) in [6.07, 6.45) is 4.30. The average molecular weight is 219 g/mol. The second-order valence-corrected chi connectivity index (χ2v) is 5.68. The Bertz CT molecular complexity index is 120. The van der Waals surface area contributed by atoms with Crippen molar-refractivity contribution in [1.29, 1.82) is 0 Å². The van der Waals surface area contributed by atoms with Gasteiger partial charge in [-0.1, -0.05) is 49.5 Å². The molecule has 1 aliphatic rings. The number of rotatable bonds is 1. The molecule has 0 aromatic carbocycles. The largest absolute Gasteiger partial charge is 0.0891 e. The fourth-order valence-electron chi connectivity index (χ4n) is 2.22. The van der Waals surface area contributed by atoms with E-state index in [-0.39, 0.29) is 0 Å². The molecule has 0 aromatic heterocycles. The summed E-state index contributed by atoms with van der Waals surface area (Å²) in [7, 11) is 0. The lowest BCUT2D eigenvalue weighted by molar-refractivity contribution is 0.205. The van der Waals surface area contributed by atoms with Crippen LogP contribution in [0.3, 0.4) is 0 Å². The first-order chi connectivity index (χ1) is 5.11. The monoisotopic (exact) mass is 218 g/mol. The number of halogens is 1. The van der Waals surface area contributed by atoms with Gasteiger partial charge in [0, 0.05) is 4.83 Å². The number of alkyl halides is 1. The molecule has 1 heteroatoms. The predicted molar refractivity (Wildman–Crippen MR) is 54.1 cm³/mol. The van der Waals surface area contributed by atoms with Crippen LogP contribution in [-0.4, -0.2) is 4.83 Å². The Kier molecular flexibility index (Phi) is 3.42. The van der Waals surface area contributed by atoms with Crippen LogP contribution < -0.4 is 0 Å². The van der Waals surface area contributed by atoms with Crippen molar-refractivity contribution in [2.45, 2.75) is 44.9 Å². The smallest absolute Gasteiger partial charge is 0.0148 e. The zero-order valence-corrected chi connectivity index (χ0v) is 9.39. The Hall–Kier alpha value is 0.480. The molecular weight excluding hydrogens is 200 g/mol. The fourth-order valence-corrected chi connectivity index (χ4v) is 2.95. The van der Waals surface area contributed by atoms with Gasteiger partial charge in [-0.15, -0.1) is 0 Å². The van der Waals surface area contributed by atoms with Gasteiger partial charge in [-0.2, -0.15) is 0 Å². The molecule has 0 radical (unpaired) electrons. The van der Waals surface area contributed by atoms with Gasteiger partial charge in [0.25, 0.3) is 0 Å². The third-order valence-electron chi connectivity index (χ3n) is 3.11. The van der Waals surface area contributed by atoms with E-state index >= 15 is 0 Å². The quantitative estimate of drug-likeness (QED) is 0.588. The van der Waals surface area contributed by atoms with Crippen molar-refractivity contribution >= 4 is 15.9 Å². The third kappa shape index (κ3) is 2.47. The standard InChI is InChI=1S/C10H19Br/c1-7-4-5-8(2)10(6-7)9(3)11/h7-10H,4-6H2,1-3H3. The minimum atomic E-state index is 0.709. The van der Waals surface area contributed by atoms with Gasteiger partial charge in [0.05, 0.1) is 0 Å². The lowest BCUT2D eigenvalue weighted by Crippen LogP contribution is -2.27. The summed E-state index contributed by atoms with van der Waals surface area (Å²) in [6, 6.07) is 0. The maximum atomic E-state index is 3.70. The maximum Gasteiger partial charge on any atom is 0.0148 e. The lowest BCUT2D eigenvalue weighted by Gasteiger charge is -2.34. The van der Waals surface area contributed by atoms with Gasteiger partial charge >= 0.3 is 0 Å². The minimum absolute atomic E-state index is 0.709. The molecule has 0 N–H and O–H groups in total. The van der Waals surface area contributed by atoms with Gasteiger partial charge in [-0.3, -0.25) is 0 Å². The van der Waals surface area contributed by atoms with Crippen molar-refractivity contribution in [1.82, 2.24) is 0 Å². The van der Waals surface area contributed by atoms with Gasteiger partial charge in [-0.25, -0.2) is 0 Å². The van der Waals surface area contributed by atoms with Crippen LogP contribution >= 0.6 is 15.9 Å². The molecule has 1 rings (SSSR count). The highest BCUT2D eigenvalue weighted by molar-refractivity contribution is 9.09. The molecule has 1 fully saturated rings. The Morgan fingerprint density at radius 3 is 2.36 bits per heavy atom. The van der Waals surface area contributed by atoms with Crippen LogP contribution in [0.2, 0.25) is 0 Å². The van der Waals surface area contributed by atoms with Crippen molar-refractivity contribution in [3.63, 3.8) is 0 Å². The highest BCUT2D eigenvalue weighted by Gasteiger charge is 2.28. The summed E-state index contributed by atoms with van der Waals surface area (Å²) in [5, 5.41) is 0. The summed E-state index contributed by atoms with van der Waals surface area (Å²) >= 11 is 3.70. The Balaban J connectivity index is 2.47. The first-order valence-corrected chi connectivity index (χ1v) is 5.67. The fraction of sp³-hybridized carbons (Fsp3) is 1.00. The first-order valence-electron chi connectivity index (χ1n) is 4.75. The molecule has 0 spiro atoms. The van der Waals surface area contributed by atoms with E-state index in [2.05, 4.69) is 36.7 Å². The Labute approximate surface area is 78.9 Å². The van der Waals surface area contributed by atoms with Gasteiger partial charge in [0.2, 0.25) is 0 Å². The van der Waals surface area contributed by atoms with Crippen LogP contribution in [0.25, 0.3) is 0 Å². The molecule has 66 valence electrons. The maximum absolute atomic E-state index is 3.70. The van der Waals surface area contributed by atoms with Crippen LogP contribution in [0.5, 0.6) is 0 Å². The molecule has 0 nitrogen and oxygen atoms in total. The highest BCUT2D eigenvalue weighted by atomic mass is 79.9. The summed E-state index contributed by atoms with van der Waals surface area (Å²) < 4.78 is 0. The zero-order chi connectivity index (χ0) is 8.43. The van der Waals surface area contributed by atoms with Crippen LogP contribution in [0.1, 0.15) is 40.0 Å². The molecule has 4 unspecified atom stereocenters. The second-order valence-electron chi connectivity index (χ2n) is 4.24. The predicted octanol–water partition coefficient (Wildman–Crippen LogP) is 3.84. The zero-order valence-electron chi connectivity index (χ0n) is 7.81. The molecule has 0 aromatic rings. The second kappa shape index (κ2) is 3.93. The van der Waals surface area contributed by atoms with Crippen molar-refractivity contribution in [3.05, 3.63) is 0 Å². The van der Waals surface area contributed by atoms with Crippen LogP contribution in [0.4, 0.5) is 0 Å². The molecule has 0 heterocycles. The van der Waals surface area contributed by atoms with E-state index in [1.54, 1.807) is 0 Å². The van der Waals surface area contributed by atoms with E-state index in [4.69, 9.17) is 0 Å². The molecule has 0 aliphatic heterocycles. The van der Waals surface area contributed by atoms with E-state index in [1.807, 2.05) is 0 Å². The van der Waals surface area contributed by atoms with Crippen molar-refractivity contribution in [3.8, 4) is 0 Å². The number of hydrogen-bond acceptors (Lipinski definition) is 0. The van der Waals surface area contributed by atoms with Gasteiger partial charge < -0.3 is 0 Å². The number of hydrogen-bond donors (Lipinski definition) is 0. The highest BCUT2D eigenvalue weighted by Crippen LogP contribution is 2.37. The first kappa shape index (κ1) is 9.57. The van der Waals surface area contributed by atoms with Gasteiger partial charge in [-0.05, 0) is 24.2 Å². The Morgan fingerprint density at radius 2 is 1.91 bits per heavy atom. The Morgan fingerprint density at radius 1 is 1.27 bits per heavy atom. The minimum Gasteiger partial charge on any atom is -0.0891 e. The third-order valence-corrected chi connectivity index (χ3v) is 3.79. The van der Waals surface area contributed by atoms with Crippen LogP contribution in [0.15, 0.2) is 0 Å². The summed E-state index contributed by atoms with van der Waals surface area (Å²) in [5.41, 5.74) is 0. The van der Waals surface area contributed by atoms with Crippen molar-refractivity contribution in [2.75, 3.05) is 0 Å². The van der Waals surface area contributed by atoms with E-state index < -0.39 is 0 Å². The molecular formula is C10H19Br. The van der Waals surface area contributed by atoms with E-state index in [1.165, 1.54) is 19.3 Å². The van der Waals surface area contributed by atoms with E-state index in [0.29, 0.717) is 4.83 Å². The molecule has 0 saturated heterocycles. The van der Waals surface area contributed by atoms with Crippen LogP contribution in [0, 0.1) is 17.8 Å². The van der Waals surface area contributed by atoms with Crippen molar-refractivity contribution < 1.29 is 0 Å². The molecule has 0 amide bonds.